The maximum atomic E-state index is 11.6. The molecule has 0 aromatic heterocycles. The molecule has 1 heterocycles. The molecule has 0 radical (unpaired) electrons. The molecule has 70 valence electrons. The lowest BCUT2D eigenvalue weighted by atomic mass is 10.2. The predicted octanol–water partition coefficient (Wildman–Crippen LogP) is 0.316. The number of nitrogens with one attached hydrogen (secondary N) is 1. The zero-order chi connectivity index (χ0) is 8.60. The lowest BCUT2D eigenvalue weighted by Gasteiger charge is -2.16. The Bertz CT molecular complexity index is 260. The smallest absolute Gasteiger partial charge is 0.154 e. The minimum Gasteiger partial charge on any atom is -0.313 e. The van der Waals surface area contributed by atoms with Crippen LogP contribution in [-0.2, 0) is 9.84 Å². The molecule has 2 fully saturated rings. The van der Waals surface area contributed by atoms with Gasteiger partial charge >= 0.3 is 0 Å². The molecule has 0 aromatic carbocycles. The SMILES string of the molecule is O=S1(=O)CCCNC2CCCC21. The third-order valence-corrected chi connectivity index (χ3v) is 5.27. The van der Waals surface area contributed by atoms with Crippen LogP contribution in [0.2, 0.25) is 0 Å². The van der Waals surface area contributed by atoms with Gasteiger partial charge in [0.2, 0.25) is 0 Å². The highest BCUT2D eigenvalue weighted by atomic mass is 32.2. The normalized spacial score (nSPS) is 40.3. The van der Waals surface area contributed by atoms with E-state index in [2.05, 4.69) is 5.32 Å². The van der Waals surface area contributed by atoms with Crippen LogP contribution in [0.25, 0.3) is 0 Å². The molecule has 3 nitrogen and oxygen atoms in total. The lowest BCUT2D eigenvalue weighted by Crippen LogP contribution is -2.37. The molecule has 2 unspecified atom stereocenters. The molecule has 1 aliphatic carbocycles. The third-order valence-electron chi connectivity index (χ3n) is 2.93. The second-order valence-electron chi connectivity index (χ2n) is 3.75. The van der Waals surface area contributed by atoms with Gasteiger partial charge in [0, 0.05) is 6.04 Å². The minimum atomic E-state index is -2.76. The third kappa shape index (κ3) is 1.38. The van der Waals surface area contributed by atoms with Crippen molar-refractivity contribution >= 4 is 9.84 Å². The van der Waals surface area contributed by atoms with Crippen molar-refractivity contribution in [2.45, 2.75) is 37.0 Å². The summed E-state index contributed by atoms with van der Waals surface area (Å²) in [6.07, 6.45) is 3.78. The van der Waals surface area contributed by atoms with Crippen molar-refractivity contribution in [3.05, 3.63) is 0 Å². The monoisotopic (exact) mass is 189 g/mol. The zero-order valence-electron chi connectivity index (χ0n) is 7.12. The van der Waals surface area contributed by atoms with Crippen molar-refractivity contribution < 1.29 is 8.42 Å². The Hall–Kier alpha value is -0.0900. The first kappa shape index (κ1) is 8.51. The van der Waals surface area contributed by atoms with Gasteiger partial charge in [-0.05, 0) is 25.8 Å². The molecule has 1 aliphatic heterocycles. The zero-order valence-corrected chi connectivity index (χ0v) is 7.94. The Morgan fingerprint density at radius 3 is 2.83 bits per heavy atom. The van der Waals surface area contributed by atoms with Crippen molar-refractivity contribution in [3.63, 3.8) is 0 Å². The topological polar surface area (TPSA) is 46.2 Å². The quantitative estimate of drug-likeness (QED) is 0.597. The van der Waals surface area contributed by atoms with E-state index in [0.717, 1.165) is 32.2 Å². The van der Waals surface area contributed by atoms with Gasteiger partial charge in [0.1, 0.15) is 0 Å². The summed E-state index contributed by atoms with van der Waals surface area (Å²) < 4.78 is 23.3. The molecule has 1 saturated heterocycles. The average Bonchev–Trinajstić information content (AvgIpc) is 2.42. The van der Waals surface area contributed by atoms with E-state index in [0.29, 0.717) is 5.75 Å². The van der Waals surface area contributed by atoms with E-state index in [-0.39, 0.29) is 11.3 Å². The molecule has 12 heavy (non-hydrogen) atoms. The molecular formula is C8H15NO2S. The van der Waals surface area contributed by atoms with Gasteiger partial charge in [0.15, 0.2) is 9.84 Å². The molecule has 0 bridgehead atoms. The Labute approximate surface area is 73.5 Å². The van der Waals surface area contributed by atoms with Crippen LogP contribution in [0.5, 0.6) is 0 Å². The van der Waals surface area contributed by atoms with Crippen molar-refractivity contribution in [1.29, 1.82) is 0 Å². The summed E-state index contributed by atoms with van der Waals surface area (Å²) in [5.41, 5.74) is 0. The van der Waals surface area contributed by atoms with Crippen LogP contribution >= 0.6 is 0 Å². The van der Waals surface area contributed by atoms with Crippen LogP contribution in [0, 0.1) is 0 Å². The molecule has 2 rings (SSSR count). The van der Waals surface area contributed by atoms with E-state index in [1.807, 2.05) is 0 Å². The summed E-state index contributed by atoms with van der Waals surface area (Å²) >= 11 is 0. The van der Waals surface area contributed by atoms with E-state index in [1.165, 1.54) is 0 Å². The molecule has 2 aliphatic rings. The molecule has 1 N–H and O–H groups in total. The molecule has 1 saturated carbocycles. The van der Waals surface area contributed by atoms with Crippen LogP contribution in [0.1, 0.15) is 25.7 Å². The summed E-state index contributed by atoms with van der Waals surface area (Å²) in [5.74, 6) is 0.390. The maximum absolute atomic E-state index is 11.6. The second-order valence-corrected chi connectivity index (χ2v) is 6.09. The summed E-state index contributed by atoms with van der Waals surface area (Å²) in [6, 6.07) is 0.262. The number of fused-ring (bicyclic) bond motifs is 1. The molecule has 0 aromatic rings. The minimum absolute atomic E-state index is 0.0694. The van der Waals surface area contributed by atoms with Gasteiger partial charge in [-0.15, -0.1) is 0 Å². The van der Waals surface area contributed by atoms with E-state index in [4.69, 9.17) is 0 Å². The fourth-order valence-corrected chi connectivity index (χ4v) is 4.41. The van der Waals surface area contributed by atoms with Gasteiger partial charge in [0.05, 0.1) is 11.0 Å². The van der Waals surface area contributed by atoms with Crippen LogP contribution < -0.4 is 5.32 Å². The molecular weight excluding hydrogens is 174 g/mol. The maximum Gasteiger partial charge on any atom is 0.154 e. The van der Waals surface area contributed by atoms with Crippen LogP contribution in [0.4, 0.5) is 0 Å². The van der Waals surface area contributed by atoms with Crippen molar-refractivity contribution in [2.75, 3.05) is 12.3 Å². The highest BCUT2D eigenvalue weighted by Gasteiger charge is 2.38. The van der Waals surface area contributed by atoms with Gasteiger partial charge in [-0.2, -0.15) is 0 Å². The van der Waals surface area contributed by atoms with E-state index in [9.17, 15) is 8.42 Å². The molecule has 2 atom stereocenters. The number of hydrogen-bond donors (Lipinski definition) is 1. The predicted molar refractivity (Wildman–Crippen MR) is 47.8 cm³/mol. The first-order chi connectivity index (χ1) is 5.70. The lowest BCUT2D eigenvalue weighted by molar-refractivity contribution is 0.526. The fourth-order valence-electron chi connectivity index (χ4n) is 2.30. The van der Waals surface area contributed by atoms with Gasteiger partial charge in [-0.25, -0.2) is 8.42 Å². The summed E-state index contributed by atoms with van der Waals surface area (Å²) in [5, 5.41) is 3.25. The summed E-state index contributed by atoms with van der Waals surface area (Å²) in [6.45, 7) is 0.875. The van der Waals surface area contributed by atoms with Crippen LogP contribution in [0.15, 0.2) is 0 Å². The van der Waals surface area contributed by atoms with Gasteiger partial charge in [-0.3, -0.25) is 0 Å². The Morgan fingerprint density at radius 1 is 1.17 bits per heavy atom. The van der Waals surface area contributed by atoms with E-state index in [1.54, 1.807) is 0 Å². The van der Waals surface area contributed by atoms with E-state index < -0.39 is 9.84 Å². The number of hydrogen-bond acceptors (Lipinski definition) is 3. The van der Waals surface area contributed by atoms with E-state index >= 15 is 0 Å². The highest BCUT2D eigenvalue weighted by molar-refractivity contribution is 7.92. The van der Waals surface area contributed by atoms with Crippen LogP contribution in [-0.4, -0.2) is 32.0 Å². The van der Waals surface area contributed by atoms with Crippen molar-refractivity contribution in [2.24, 2.45) is 0 Å². The summed E-state index contributed by atoms with van der Waals surface area (Å²) in [4.78, 5) is 0. The fraction of sp³-hybridized carbons (Fsp3) is 1.00. The standard InChI is InChI=1S/C8H15NO2S/c10-12(11)6-2-5-9-7-3-1-4-8(7)12/h7-9H,1-6H2. The van der Waals surface area contributed by atoms with Gasteiger partial charge in [0.25, 0.3) is 0 Å². The van der Waals surface area contributed by atoms with Gasteiger partial charge in [-0.1, -0.05) is 6.42 Å². The Morgan fingerprint density at radius 2 is 2.00 bits per heavy atom. The average molecular weight is 189 g/mol. The van der Waals surface area contributed by atoms with Crippen molar-refractivity contribution in [1.82, 2.24) is 5.32 Å². The highest BCUT2D eigenvalue weighted by Crippen LogP contribution is 2.27. The Balaban J connectivity index is 2.25. The van der Waals surface area contributed by atoms with Crippen LogP contribution in [0.3, 0.4) is 0 Å². The summed E-state index contributed by atoms with van der Waals surface area (Å²) in [7, 11) is -2.76. The first-order valence-corrected chi connectivity index (χ1v) is 6.37. The number of rotatable bonds is 0. The second kappa shape index (κ2) is 3.00. The Kier molecular flexibility index (Phi) is 2.12. The number of sulfone groups is 1. The largest absolute Gasteiger partial charge is 0.313 e. The molecule has 4 heteroatoms. The first-order valence-electron chi connectivity index (χ1n) is 4.65. The van der Waals surface area contributed by atoms with Gasteiger partial charge < -0.3 is 5.32 Å². The molecule has 0 spiro atoms. The molecule has 0 amide bonds. The van der Waals surface area contributed by atoms with Crippen molar-refractivity contribution in [3.8, 4) is 0 Å².